The molecule has 0 spiro atoms. The molecule has 0 heterocycles. The third-order valence-corrected chi connectivity index (χ3v) is 26.8. The Morgan fingerprint density at radius 1 is 0.194 bits per heavy atom. The predicted octanol–water partition coefficient (Wildman–Crippen LogP) is 17.4. The minimum absolute atomic E-state index is 1.03. The van der Waals surface area contributed by atoms with Crippen LogP contribution in [0.5, 0.6) is 0 Å². The Labute approximate surface area is 413 Å². The number of hydrogen-bond acceptors (Lipinski definition) is 3. The van der Waals surface area contributed by atoms with Gasteiger partial charge >= 0.3 is 418 Å². The van der Waals surface area contributed by atoms with Crippen molar-refractivity contribution in [2.24, 2.45) is 0 Å². The van der Waals surface area contributed by atoms with E-state index < -0.39 is 68.0 Å². The topological polar surface area (TPSA) is 27.7 Å². The fraction of sp³-hybridized carbons (Fsp3) is 0. The number of rotatable bonds is 12. The minimum atomic E-state index is -2.97. The van der Waals surface area contributed by atoms with E-state index in [2.05, 4.69) is 255 Å². The number of halogens is 3. The Bertz CT molecular complexity index is 3110. The number of hydrogen-bond donors (Lipinski definition) is 0. The Hall–Kier alpha value is -5.67. The number of benzene rings is 12. The van der Waals surface area contributed by atoms with Gasteiger partial charge in [0.2, 0.25) is 0 Å². The van der Waals surface area contributed by atoms with Crippen LogP contribution in [0.3, 0.4) is 0 Å². The molecule has 0 bridgehead atoms. The predicted molar refractivity (Wildman–Crippen MR) is 307 cm³/mol. The van der Waals surface area contributed by atoms with Crippen LogP contribution < -0.4 is 0 Å². The van der Waals surface area contributed by atoms with E-state index in [0.29, 0.717) is 0 Å². The monoisotopic (exact) mass is 1200 g/mol. The molecular weight excluding hydrogens is 1160 g/mol. The van der Waals surface area contributed by atoms with Crippen molar-refractivity contribution >= 4 is 133 Å². The Kier molecular flexibility index (Phi) is 12.2. The second kappa shape index (κ2) is 19.1. The van der Waals surface area contributed by atoms with Crippen LogP contribution in [0, 0.1) is 21.4 Å². The molecule has 0 fully saturated rings. The van der Waals surface area contributed by atoms with Crippen molar-refractivity contribution in [3.63, 3.8) is 0 Å². The molecule has 0 aliphatic heterocycles. The first-order valence-corrected chi connectivity index (χ1v) is 31.3. The second-order valence-corrected chi connectivity index (χ2v) is 28.8. The molecule has 0 amide bonds. The second-order valence-electron chi connectivity index (χ2n) is 16.1. The quantitative estimate of drug-likeness (QED) is 0.0901. The van der Waals surface area contributed by atoms with Crippen molar-refractivity contribution in [2.45, 2.75) is 0 Å². The van der Waals surface area contributed by atoms with Gasteiger partial charge in [-0.25, -0.2) is 0 Å². The molecule has 12 rings (SSSR count). The van der Waals surface area contributed by atoms with Crippen LogP contribution in [0.4, 0.5) is 0 Å². The van der Waals surface area contributed by atoms with Gasteiger partial charge in [-0.15, -0.1) is 0 Å². The fourth-order valence-corrected chi connectivity index (χ4v) is 24.8. The zero-order valence-electron chi connectivity index (χ0n) is 36.2. The zero-order valence-corrected chi connectivity index (χ0v) is 42.7. The third kappa shape index (κ3) is 8.40. The first-order valence-electron chi connectivity index (χ1n) is 22.2. The molecule has 67 heavy (non-hydrogen) atoms. The van der Waals surface area contributed by atoms with Crippen molar-refractivity contribution in [1.29, 1.82) is 0 Å². The average molecular weight is 1200 g/mol. The van der Waals surface area contributed by atoms with Crippen molar-refractivity contribution in [3.8, 4) is 0 Å². The summed E-state index contributed by atoms with van der Waals surface area (Å²) in [6.45, 7) is 0. The van der Waals surface area contributed by atoms with E-state index in [4.69, 9.17) is 8.95 Å². The molecule has 3 nitrogen and oxygen atoms in total. The van der Waals surface area contributed by atoms with Gasteiger partial charge in [-0.2, -0.15) is 0 Å². The van der Waals surface area contributed by atoms with E-state index >= 15 is 0 Å². The molecule has 7 heteroatoms. The third-order valence-electron chi connectivity index (χ3n) is 12.0. The maximum atomic E-state index is 8.02. The van der Waals surface area contributed by atoms with E-state index in [1.807, 2.05) is 0 Å². The van der Waals surface area contributed by atoms with Crippen molar-refractivity contribution in [1.82, 2.24) is 0 Å². The summed E-state index contributed by atoms with van der Waals surface area (Å²) in [7, 11) is -1.03. The molecule has 0 radical (unpaired) electrons. The van der Waals surface area contributed by atoms with Crippen LogP contribution >= 0.6 is 60.7 Å². The molecule has 12 aromatic rings. The zero-order chi connectivity index (χ0) is 44.5. The molecule has 0 saturated heterocycles. The fourth-order valence-electron chi connectivity index (χ4n) is 8.89. The summed E-state index contributed by atoms with van der Waals surface area (Å²) in [6.07, 6.45) is 0. The summed E-state index contributed by atoms with van der Waals surface area (Å²) >= 11 is -8.92. The van der Waals surface area contributed by atoms with Gasteiger partial charge in [-0.3, -0.25) is 0 Å². The Morgan fingerprint density at radius 2 is 0.358 bits per heavy atom. The summed E-state index contributed by atoms with van der Waals surface area (Å²) in [6, 6.07) is 92.3. The molecule has 0 unspecified atom stereocenters. The van der Waals surface area contributed by atoms with Crippen LogP contribution in [0.2, 0.25) is 0 Å². The summed E-state index contributed by atoms with van der Waals surface area (Å²) in [4.78, 5) is 0. The van der Waals surface area contributed by atoms with Gasteiger partial charge in [0, 0.05) is 0 Å². The molecule has 0 saturated carbocycles. The van der Waals surface area contributed by atoms with Crippen molar-refractivity contribution in [3.05, 3.63) is 276 Å². The first kappa shape index (κ1) is 42.7. The molecule has 0 aliphatic carbocycles. The van der Waals surface area contributed by atoms with Crippen LogP contribution in [0.1, 0.15) is 0 Å². The molecule has 0 N–H and O–H groups in total. The molecule has 0 aromatic heterocycles. The molecule has 0 aliphatic rings. The van der Waals surface area contributed by atoms with Crippen LogP contribution in [0.15, 0.2) is 255 Å². The van der Waals surface area contributed by atoms with Gasteiger partial charge in [0.05, 0.1) is 0 Å². The van der Waals surface area contributed by atoms with Gasteiger partial charge in [-0.05, 0) is 0 Å². The summed E-state index contributed by atoms with van der Waals surface area (Å²) in [5.74, 6) is 0. The van der Waals surface area contributed by atoms with E-state index in [-0.39, 0.29) is 0 Å². The standard InChI is InChI=1S/C60H42BI3O3/c1-7-31-49-43(19-1)25-13-37-55(49)62(56-38-14-26-44-20-2-8-32-50(44)56)65-61(66-63(57-39-15-27-45-21-3-9-33-51(45)57)58-40-16-28-46-22-4-10-34-52(46)58)67-64(59-41-17-29-47-23-5-11-35-53(47)59)60-42-18-30-48-24-6-12-36-54(48)60/h1-42H. The maximum absolute atomic E-state index is 8.02. The SMILES string of the molecule is c1ccc2c(I(OB(OI(c3cccc4ccccc34)c3cccc4ccccc34)OI(c3cccc4ccccc34)c3cccc4ccccc34)c3cccc4ccccc34)cccc2c1. The van der Waals surface area contributed by atoms with Gasteiger partial charge < -0.3 is 0 Å². The van der Waals surface area contributed by atoms with Crippen LogP contribution in [-0.4, -0.2) is 7.32 Å². The Balaban J connectivity index is 1.12. The van der Waals surface area contributed by atoms with Crippen LogP contribution in [0.25, 0.3) is 64.6 Å². The summed E-state index contributed by atoms with van der Waals surface area (Å²) in [5, 5.41) is 14.3. The molecule has 0 atom stereocenters. The molecule has 12 aromatic carbocycles. The average Bonchev–Trinajstić information content (AvgIpc) is 3.40. The van der Waals surface area contributed by atoms with Gasteiger partial charge in [0.25, 0.3) is 0 Å². The van der Waals surface area contributed by atoms with Crippen molar-refractivity contribution in [2.75, 3.05) is 0 Å². The van der Waals surface area contributed by atoms with E-state index in [1.54, 1.807) is 0 Å². The summed E-state index contributed by atoms with van der Waals surface area (Å²) < 4.78 is 31.3. The molecular formula is C60H42BI3O3. The van der Waals surface area contributed by atoms with Gasteiger partial charge in [0.1, 0.15) is 0 Å². The van der Waals surface area contributed by atoms with Gasteiger partial charge in [0.15, 0.2) is 0 Å². The van der Waals surface area contributed by atoms with Crippen molar-refractivity contribution < 1.29 is 8.95 Å². The first-order chi connectivity index (χ1) is 33.2. The van der Waals surface area contributed by atoms with E-state index in [9.17, 15) is 0 Å². The number of fused-ring (bicyclic) bond motifs is 6. The van der Waals surface area contributed by atoms with E-state index in [1.165, 1.54) is 86.1 Å². The summed E-state index contributed by atoms with van der Waals surface area (Å²) in [5.41, 5.74) is 0. The normalized spacial score (nSPS) is 12.3. The van der Waals surface area contributed by atoms with E-state index in [0.717, 1.165) is 0 Å². The van der Waals surface area contributed by atoms with Gasteiger partial charge in [-0.1, -0.05) is 0 Å². The Morgan fingerprint density at radius 3 is 0.552 bits per heavy atom. The van der Waals surface area contributed by atoms with Crippen LogP contribution in [-0.2, 0) is 8.95 Å². The molecule has 324 valence electrons.